The van der Waals surface area contributed by atoms with Crippen LogP contribution >= 0.6 is 0 Å². The summed E-state index contributed by atoms with van der Waals surface area (Å²) in [6, 6.07) is 29.5. The Morgan fingerprint density at radius 3 is 2.00 bits per heavy atom. The van der Waals surface area contributed by atoms with Crippen molar-refractivity contribution in [3.05, 3.63) is 108 Å². The highest BCUT2D eigenvalue weighted by Crippen LogP contribution is 2.30. The molecule has 0 radical (unpaired) electrons. The summed E-state index contributed by atoms with van der Waals surface area (Å²) in [5.74, 6) is 0. The predicted octanol–water partition coefficient (Wildman–Crippen LogP) is 5.85. The molecule has 0 spiro atoms. The Balaban J connectivity index is 1.56. The minimum Gasteiger partial charge on any atom is -0.445 e. The molecule has 0 bridgehead atoms. The van der Waals surface area contributed by atoms with E-state index in [0.717, 1.165) is 29.5 Å². The molecule has 3 aromatic rings. The second-order valence-electron chi connectivity index (χ2n) is 11.0. The van der Waals surface area contributed by atoms with Gasteiger partial charge in [0, 0.05) is 25.7 Å². The monoisotopic (exact) mass is 529 g/mol. The van der Waals surface area contributed by atoms with Crippen molar-refractivity contribution < 1.29 is 19.1 Å². The number of carbonyl (C=O) groups is 2. The van der Waals surface area contributed by atoms with Gasteiger partial charge in [0.05, 0.1) is 0 Å². The quantitative estimate of drug-likeness (QED) is 0.383. The molecule has 1 aliphatic rings. The smallest absolute Gasteiger partial charge is 0.410 e. The lowest BCUT2D eigenvalue weighted by Gasteiger charge is -2.39. The van der Waals surface area contributed by atoms with Crippen LogP contribution in [0.25, 0.3) is 0 Å². The molecule has 1 atom stereocenters. The Labute approximate surface area is 231 Å². The molecular weight excluding hydrogens is 490 g/mol. The average Bonchev–Trinajstić information content (AvgIpc) is 2.95. The number of nitrogens with zero attached hydrogens (tertiary/aromatic N) is 1. The van der Waals surface area contributed by atoms with E-state index in [9.17, 15) is 9.59 Å². The zero-order valence-corrected chi connectivity index (χ0v) is 23.1. The largest absolute Gasteiger partial charge is 0.445 e. The fraction of sp³-hybridized carbons (Fsp3) is 0.375. The number of ether oxygens (including phenoxy) is 2. The van der Waals surface area contributed by atoms with Gasteiger partial charge >= 0.3 is 12.2 Å². The van der Waals surface area contributed by atoms with E-state index in [1.807, 2.05) is 112 Å². The standard InChI is InChI=1S/C32H39N3O4/c1-31(2,3)39-30(37)35-21-13-20-28(22-35)33-24-32(26-16-9-5-10-17-26,27-18-11-6-12-19-27)34-29(36)38-23-25-14-7-4-8-15-25/h4-12,14-19,28,33H,13,20-24H2,1-3H3,(H,34,36). The first-order valence-corrected chi connectivity index (χ1v) is 13.6. The van der Waals surface area contributed by atoms with Crippen molar-refractivity contribution in [1.29, 1.82) is 0 Å². The minimum atomic E-state index is -0.898. The van der Waals surface area contributed by atoms with E-state index in [0.29, 0.717) is 19.6 Å². The maximum absolute atomic E-state index is 13.3. The highest BCUT2D eigenvalue weighted by atomic mass is 16.6. The number of alkyl carbamates (subject to hydrolysis) is 1. The number of likely N-dealkylation sites (tertiary alicyclic amines) is 1. The SMILES string of the molecule is CC(C)(C)OC(=O)N1CCCC(NCC(NC(=O)OCc2ccccc2)(c2ccccc2)c2ccccc2)C1. The van der Waals surface area contributed by atoms with E-state index in [2.05, 4.69) is 10.6 Å². The molecule has 2 N–H and O–H groups in total. The van der Waals surface area contributed by atoms with Gasteiger partial charge in [-0.25, -0.2) is 9.59 Å². The Morgan fingerprint density at radius 1 is 0.872 bits per heavy atom. The molecule has 1 aliphatic heterocycles. The fourth-order valence-corrected chi connectivity index (χ4v) is 4.87. The number of rotatable bonds is 8. The maximum atomic E-state index is 13.3. The Kier molecular flexibility index (Phi) is 9.25. The van der Waals surface area contributed by atoms with Crippen LogP contribution in [0.5, 0.6) is 0 Å². The average molecular weight is 530 g/mol. The van der Waals surface area contributed by atoms with Crippen molar-refractivity contribution >= 4 is 12.2 Å². The highest BCUT2D eigenvalue weighted by Gasteiger charge is 2.38. The molecule has 1 fully saturated rings. The van der Waals surface area contributed by atoms with E-state index in [4.69, 9.17) is 9.47 Å². The van der Waals surface area contributed by atoms with Gasteiger partial charge in [-0.2, -0.15) is 0 Å². The normalized spacial score (nSPS) is 15.9. The summed E-state index contributed by atoms with van der Waals surface area (Å²) in [5, 5.41) is 6.88. The molecule has 1 unspecified atom stereocenters. The second-order valence-corrected chi connectivity index (χ2v) is 11.0. The molecule has 3 aromatic carbocycles. The van der Waals surface area contributed by atoms with Crippen molar-refractivity contribution in [2.24, 2.45) is 0 Å². The zero-order valence-electron chi connectivity index (χ0n) is 23.1. The van der Waals surface area contributed by atoms with Crippen LogP contribution in [0.2, 0.25) is 0 Å². The molecule has 1 saturated heterocycles. The van der Waals surface area contributed by atoms with Crippen molar-refractivity contribution in [3.8, 4) is 0 Å². The molecule has 206 valence electrons. The number of piperidine rings is 1. The van der Waals surface area contributed by atoms with Crippen LogP contribution in [0, 0.1) is 0 Å². The number of hydrogen-bond acceptors (Lipinski definition) is 5. The van der Waals surface area contributed by atoms with Gasteiger partial charge in [0.1, 0.15) is 17.7 Å². The van der Waals surface area contributed by atoms with E-state index in [1.54, 1.807) is 4.90 Å². The summed E-state index contributed by atoms with van der Waals surface area (Å²) in [6.45, 7) is 7.41. The molecule has 0 aromatic heterocycles. The summed E-state index contributed by atoms with van der Waals surface area (Å²) >= 11 is 0. The van der Waals surface area contributed by atoms with Gasteiger partial charge < -0.3 is 25.0 Å². The van der Waals surface area contributed by atoms with Crippen LogP contribution in [0.1, 0.15) is 50.3 Å². The first kappa shape index (κ1) is 28.2. The molecule has 7 nitrogen and oxygen atoms in total. The lowest BCUT2D eigenvalue weighted by molar-refractivity contribution is 0.0186. The molecule has 2 amide bonds. The summed E-state index contributed by atoms with van der Waals surface area (Å²) in [4.78, 5) is 27.8. The molecule has 7 heteroatoms. The third kappa shape index (κ3) is 7.83. The summed E-state index contributed by atoms with van der Waals surface area (Å²) in [6.07, 6.45) is 0.978. The number of nitrogens with one attached hydrogen (secondary N) is 2. The number of benzene rings is 3. The molecular formula is C32H39N3O4. The summed E-state index contributed by atoms with van der Waals surface area (Å²) in [7, 11) is 0. The van der Waals surface area contributed by atoms with Gasteiger partial charge in [-0.15, -0.1) is 0 Å². The third-order valence-corrected chi connectivity index (χ3v) is 6.79. The van der Waals surface area contributed by atoms with Crippen LogP contribution < -0.4 is 10.6 Å². The summed E-state index contributed by atoms with van der Waals surface area (Å²) < 4.78 is 11.3. The number of hydrogen-bond donors (Lipinski definition) is 2. The van der Waals surface area contributed by atoms with Crippen molar-refractivity contribution in [1.82, 2.24) is 15.5 Å². The van der Waals surface area contributed by atoms with Crippen LogP contribution in [0.4, 0.5) is 9.59 Å². The van der Waals surface area contributed by atoms with Crippen LogP contribution in [0.3, 0.4) is 0 Å². The van der Waals surface area contributed by atoms with E-state index in [-0.39, 0.29) is 18.7 Å². The van der Waals surface area contributed by atoms with Crippen molar-refractivity contribution in [3.63, 3.8) is 0 Å². The Bertz CT molecular complexity index is 1160. The van der Waals surface area contributed by atoms with Gasteiger partial charge in [0.15, 0.2) is 0 Å². The zero-order chi connectivity index (χ0) is 27.7. The molecule has 4 rings (SSSR count). The number of carbonyl (C=O) groups excluding carboxylic acids is 2. The molecule has 39 heavy (non-hydrogen) atoms. The molecule has 0 saturated carbocycles. The summed E-state index contributed by atoms with van der Waals surface area (Å²) in [5.41, 5.74) is 1.34. The van der Waals surface area contributed by atoms with Gasteiger partial charge in [-0.3, -0.25) is 0 Å². The van der Waals surface area contributed by atoms with E-state index in [1.165, 1.54) is 0 Å². The van der Waals surface area contributed by atoms with Gasteiger partial charge in [-0.1, -0.05) is 91.0 Å². The van der Waals surface area contributed by atoms with Crippen LogP contribution in [-0.2, 0) is 21.6 Å². The Hall–Kier alpha value is -3.84. The highest BCUT2D eigenvalue weighted by molar-refractivity contribution is 5.70. The maximum Gasteiger partial charge on any atom is 0.410 e. The first-order valence-electron chi connectivity index (χ1n) is 13.6. The van der Waals surface area contributed by atoms with Gasteiger partial charge in [0.2, 0.25) is 0 Å². The Morgan fingerprint density at radius 2 is 1.44 bits per heavy atom. The molecule has 1 heterocycles. The second kappa shape index (κ2) is 12.8. The van der Waals surface area contributed by atoms with Crippen molar-refractivity contribution in [2.75, 3.05) is 19.6 Å². The third-order valence-electron chi connectivity index (χ3n) is 6.79. The van der Waals surface area contributed by atoms with E-state index >= 15 is 0 Å². The fourth-order valence-electron chi connectivity index (χ4n) is 4.87. The predicted molar refractivity (Wildman–Crippen MR) is 152 cm³/mol. The van der Waals surface area contributed by atoms with Crippen LogP contribution in [0.15, 0.2) is 91.0 Å². The lowest BCUT2D eigenvalue weighted by Crippen LogP contribution is -2.57. The minimum absolute atomic E-state index is 0.0419. The van der Waals surface area contributed by atoms with Gasteiger partial charge in [0.25, 0.3) is 0 Å². The van der Waals surface area contributed by atoms with Gasteiger partial charge in [-0.05, 0) is 50.3 Å². The first-order chi connectivity index (χ1) is 18.7. The lowest BCUT2D eigenvalue weighted by atomic mass is 9.82. The number of amides is 2. The van der Waals surface area contributed by atoms with Crippen molar-refractivity contribution in [2.45, 2.75) is 57.4 Å². The van der Waals surface area contributed by atoms with Crippen LogP contribution in [-0.4, -0.2) is 48.4 Å². The molecule has 0 aliphatic carbocycles. The van der Waals surface area contributed by atoms with E-state index < -0.39 is 17.2 Å². The topological polar surface area (TPSA) is 79.9 Å².